The van der Waals surface area contributed by atoms with Gasteiger partial charge in [-0.25, -0.2) is 0 Å². The number of alkyl halides is 3. The molecule has 0 N–H and O–H groups in total. The predicted octanol–water partition coefficient (Wildman–Crippen LogP) is 1.30. The molecule has 4 nitrogen and oxygen atoms in total. The second-order valence-electron chi connectivity index (χ2n) is 4.63. The number of rotatable bonds is 5. The molecule has 0 aromatic carbocycles. The van der Waals surface area contributed by atoms with Crippen molar-refractivity contribution < 1.29 is 32.3 Å². The molecule has 1 rings (SSSR count). The summed E-state index contributed by atoms with van der Waals surface area (Å²) in [6.07, 6.45) is -1.12. The standard InChI is InChI=1S/C10H22NO.C2HF3O2/c1-3-7-11(10-12-4-2)8-5-6-9-11;3-2(4,5)1(6)7/h3-10H2,1-2H3;(H,6,7)/q+1;/p-1. The third-order valence-corrected chi connectivity index (χ3v) is 3.01. The molecular weight excluding hydrogens is 263 g/mol. The summed E-state index contributed by atoms with van der Waals surface area (Å²) in [7, 11) is 0. The summed E-state index contributed by atoms with van der Waals surface area (Å²) in [6.45, 7) is 10.2. The van der Waals surface area contributed by atoms with E-state index < -0.39 is 12.1 Å². The molecule has 0 spiro atoms. The van der Waals surface area contributed by atoms with Gasteiger partial charge in [-0.2, -0.15) is 13.2 Å². The van der Waals surface area contributed by atoms with Gasteiger partial charge in [0.1, 0.15) is 5.97 Å². The Morgan fingerprint density at radius 3 is 2.05 bits per heavy atom. The molecule has 0 atom stereocenters. The second-order valence-corrected chi connectivity index (χ2v) is 4.63. The van der Waals surface area contributed by atoms with Gasteiger partial charge in [-0.3, -0.25) is 0 Å². The Hall–Kier alpha value is -0.820. The van der Waals surface area contributed by atoms with Gasteiger partial charge in [0, 0.05) is 19.4 Å². The van der Waals surface area contributed by atoms with E-state index in [0.717, 1.165) is 13.3 Å². The molecule has 114 valence electrons. The minimum Gasteiger partial charge on any atom is -0.542 e. The number of carbonyl (C=O) groups is 1. The third kappa shape index (κ3) is 7.37. The number of halogens is 3. The summed E-state index contributed by atoms with van der Waals surface area (Å²) in [5.74, 6) is -3.01. The van der Waals surface area contributed by atoms with Crippen LogP contribution in [0.5, 0.6) is 0 Å². The van der Waals surface area contributed by atoms with Gasteiger partial charge in [0.15, 0.2) is 6.73 Å². The number of aliphatic carboxylic acids is 1. The molecule has 0 aromatic heterocycles. The van der Waals surface area contributed by atoms with Crippen LogP contribution in [0.2, 0.25) is 0 Å². The molecule has 1 heterocycles. The van der Waals surface area contributed by atoms with Crippen molar-refractivity contribution in [3.8, 4) is 0 Å². The third-order valence-electron chi connectivity index (χ3n) is 3.01. The Kier molecular flexibility index (Phi) is 8.01. The van der Waals surface area contributed by atoms with Gasteiger partial charge in [-0.1, -0.05) is 6.92 Å². The highest BCUT2D eigenvalue weighted by molar-refractivity contribution is 5.70. The number of nitrogens with zero attached hydrogens (tertiary/aromatic N) is 1. The van der Waals surface area contributed by atoms with Crippen LogP contribution in [-0.4, -0.2) is 49.6 Å². The predicted molar refractivity (Wildman–Crippen MR) is 61.9 cm³/mol. The molecule has 0 bridgehead atoms. The fraction of sp³-hybridized carbons (Fsp3) is 0.917. The smallest absolute Gasteiger partial charge is 0.430 e. The highest BCUT2D eigenvalue weighted by atomic mass is 19.4. The van der Waals surface area contributed by atoms with Gasteiger partial charge in [-0.05, 0) is 13.3 Å². The zero-order chi connectivity index (χ0) is 14.9. The minimum absolute atomic E-state index is 0.865. The van der Waals surface area contributed by atoms with Gasteiger partial charge >= 0.3 is 6.18 Å². The monoisotopic (exact) mass is 285 g/mol. The Morgan fingerprint density at radius 1 is 1.26 bits per heavy atom. The lowest BCUT2D eigenvalue weighted by molar-refractivity contribution is -0.935. The van der Waals surface area contributed by atoms with E-state index in [0.29, 0.717) is 0 Å². The van der Waals surface area contributed by atoms with Crippen molar-refractivity contribution in [2.45, 2.75) is 39.3 Å². The number of carbonyl (C=O) groups excluding carboxylic acids is 1. The van der Waals surface area contributed by atoms with E-state index in [1.807, 2.05) is 0 Å². The normalized spacial score (nSPS) is 17.7. The second kappa shape index (κ2) is 8.37. The average Bonchev–Trinajstić information content (AvgIpc) is 2.76. The van der Waals surface area contributed by atoms with Gasteiger partial charge < -0.3 is 19.1 Å². The number of hydrogen-bond donors (Lipinski definition) is 0. The van der Waals surface area contributed by atoms with Gasteiger partial charge in [0.05, 0.1) is 19.6 Å². The van der Waals surface area contributed by atoms with Gasteiger partial charge in [0.2, 0.25) is 0 Å². The molecular formula is C12H22F3NO3. The summed E-state index contributed by atoms with van der Waals surface area (Å²) >= 11 is 0. The summed E-state index contributed by atoms with van der Waals surface area (Å²) in [5, 5.41) is 8.78. The lowest BCUT2D eigenvalue weighted by Crippen LogP contribution is -2.47. The molecule has 1 aliphatic heterocycles. The molecule has 1 fully saturated rings. The summed E-state index contributed by atoms with van der Waals surface area (Å²) in [6, 6.07) is 0. The molecule has 7 heteroatoms. The molecule has 0 radical (unpaired) electrons. The molecule has 19 heavy (non-hydrogen) atoms. The van der Waals surface area contributed by atoms with Crippen LogP contribution in [0.3, 0.4) is 0 Å². The zero-order valence-corrected chi connectivity index (χ0v) is 11.5. The first kappa shape index (κ1) is 18.2. The largest absolute Gasteiger partial charge is 0.542 e. The molecule has 0 amide bonds. The van der Waals surface area contributed by atoms with Gasteiger partial charge in [0.25, 0.3) is 0 Å². The van der Waals surface area contributed by atoms with E-state index in [2.05, 4.69) is 13.8 Å². The van der Waals surface area contributed by atoms with Crippen LogP contribution >= 0.6 is 0 Å². The van der Waals surface area contributed by atoms with E-state index in [1.165, 1.54) is 43.4 Å². The molecule has 0 aliphatic carbocycles. The molecule has 0 aromatic rings. The van der Waals surface area contributed by atoms with Crippen molar-refractivity contribution >= 4 is 5.97 Å². The lowest BCUT2D eigenvalue weighted by Gasteiger charge is -2.33. The van der Waals surface area contributed by atoms with Crippen LogP contribution < -0.4 is 5.11 Å². The maximum atomic E-state index is 10.5. The van der Waals surface area contributed by atoms with Crippen molar-refractivity contribution in [2.24, 2.45) is 0 Å². The fourth-order valence-electron chi connectivity index (χ4n) is 2.18. The van der Waals surface area contributed by atoms with Crippen LogP contribution in [0, 0.1) is 0 Å². The van der Waals surface area contributed by atoms with E-state index in [1.54, 1.807) is 0 Å². The van der Waals surface area contributed by atoms with Crippen LogP contribution in [0.1, 0.15) is 33.1 Å². The maximum absolute atomic E-state index is 10.5. The Labute approximate surface area is 111 Å². The van der Waals surface area contributed by atoms with Crippen molar-refractivity contribution in [1.82, 2.24) is 0 Å². The zero-order valence-electron chi connectivity index (χ0n) is 11.5. The summed E-state index contributed by atoms with van der Waals surface area (Å²) < 4.78 is 38.3. The minimum atomic E-state index is -5.19. The van der Waals surface area contributed by atoms with Crippen molar-refractivity contribution in [3.63, 3.8) is 0 Å². The van der Waals surface area contributed by atoms with Crippen LogP contribution in [0.4, 0.5) is 13.2 Å². The van der Waals surface area contributed by atoms with Crippen molar-refractivity contribution in [2.75, 3.05) is 33.0 Å². The first-order chi connectivity index (χ1) is 8.77. The first-order valence-electron chi connectivity index (χ1n) is 6.48. The van der Waals surface area contributed by atoms with E-state index in [4.69, 9.17) is 14.6 Å². The fourth-order valence-corrected chi connectivity index (χ4v) is 2.18. The SMILES string of the molecule is CCC[N+]1(COCC)CCCC1.O=C([O-])C(F)(F)F. The molecule has 0 saturated carbocycles. The highest BCUT2D eigenvalue weighted by Gasteiger charge is 2.30. The van der Waals surface area contributed by atoms with E-state index in [9.17, 15) is 13.2 Å². The number of carboxylic acids is 1. The molecule has 1 aliphatic rings. The van der Waals surface area contributed by atoms with E-state index >= 15 is 0 Å². The van der Waals surface area contributed by atoms with Gasteiger partial charge in [-0.15, -0.1) is 0 Å². The molecule has 0 unspecified atom stereocenters. The van der Waals surface area contributed by atoms with Crippen LogP contribution in [-0.2, 0) is 9.53 Å². The summed E-state index contributed by atoms with van der Waals surface area (Å²) in [5.41, 5.74) is 0. The average molecular weight is 285 g/mol. The number of likely N-dealkylation sites (tertiary alicyclic amines) is 1. The Balaban J connectivity index is 0.000000399. The van der Waals surface area contributed by atoms with Crippen LogP contribution in [0.25, 0.3) is 0 Å². The number of carboxylic acid groups (broad SMARTS) is 1. The number of hydrogen-bond acceptors (Lipinski definition) is 3. The molecule has 1 saturated heterocycles. The Morgan fingerprint density at radius 2 is 1.74 bits per heavy atom. The lowest BCUT2D eigenvalue weighted by atomic mass is 10.4. The van der Waals surface area contributed by atoms with Crippen molar-refractivity contribution in [3.05, 3.63) is 0 Å². The van der Waals surface area contributed by atoms with E-state index in [-0.39, 0.29) is 0 Å². The quantitative estimate of drug-likeness (QED) is 0.715. The number of quaternary nitrogens is 1. The summed E-state index contributed by atoms with van der Waals surface area (Å²) in [4.78, 5) is 8.78. The Bertz CT molecular complexity index is 263. The van der Waals surface area contributed by atoms with Crippen LogP contribution in [0.15, 0.2) is 0 Å². The number of ether oxygens (including phenoxy) is 1. The highest BCUT2D eigenvalue weighted by Crippen LogP contribution is 2.19. The maximum Gasteiger partial charge on any atom is 0.430 e. The van der Waals surface area contributed by atoms with Crippen molar-refractivity contribution in [1.29, 1.82) is 0 Å². The topological polar surface area (TPSA) is 49.4 Å². The first-order valence-corrected chi connectivity index (χ1v) is 6.48.